The van der Waals surface area contributed by atoms with Gasteiger partial charge in [-0.2, -0.15) is 0 Å². The highest BCUT2D eigenvalue weighted by atomic mass is 16.5. The minimum atomic E-state index is -0.0153. The molecule has 0 aromatic rings. The van der Waals surface area contributed by atoms with Crippen molar-refractivity contribution in [3.63, 3.8) is 0 Å². The summed E-state index contributed by atoms with van der Waals surface area (Å²) in [7, 11) is 1.72. The van der Waals surface area contributed by atoms with Gasteiger partial charge in [-0.15, -0.1) is 0 Å². The number of nitrogens with zero attached hydrogens (tertiary/aromatic N) is 1. The van der Waals surface area contributed by atoms with E-state index >= 15 is 0 Å². The molecular formula is C16H32N2O2. The first-order valence-corrected chi connectivity index (χ1v) is 7.96. The summed E-state index contributed by atoms with van der Waals surface area (Å²) in [6, 6.07) is -0.0153. The van der Waals surface area contributed by atoms with E-state index in [-0.39, 0.29) is 18.1 Å². The molecule has 1 rings (SSSR count). The second kappa shape index (κ2) is 7.99. The molecule has 4 heteroatoms. The summed E-state index contributed by atoms with van der Waals surface area (Å²) >= 11 is 0. The quantitative estimate of drug-likeness (QED) is 0.744. The van der Waals surface area contributed by atoms with Crippen molar-refractivity contribution in [1.29, 1.82) is 0 Å². The highest BCUT2D eigenvalue weighted by Crippen LogP contribution is 2.24. The van der Waals surface area contributed by atoms with E-state index in [1.807, 2.05) is 4.90 Å². The molecule has 4 atom stereocenters. The fourth-order valence-electron chi connectivity index (χ4n) is 2.88. The third-order valence-corrected chi connectivity index (χ3v) is 4.16. The van der Waals surface area contributed by atoms with Gasteiger partial charge in [-0.3, -0.25) is 10.1 Å². The summed E-state index contributed by atoms with van der Waals surface area (Å²) in [6.45, 7) is 12.3. The molecule has 1 aliphatic rings. The van der Waals surface area contributed by atoms with E-state index in [9.17, 15) is 4.79 Å². The Balaban J connectivity index is 2.76. The van der Waals surface area contributed by atoms with Crippen LogP contribution in [0.15, 0.2) is 0 Å². The zero-order valence-corrected chi connectivity index (χ0v) is 14.0. The Kier molecular flexibility index (Phi) is 6.96. The van der Waals surface area contributed by atoms with Crippen molar-refractivity contribution < 1.29 is 9.53 Å². The molecule has 1 fully saturated rings. The molecule has 0 bridgehead atoms. The van der Waals surface area contributed by atoms with Crippen LogP contribution in [0, 0.1) is 17.8 Å². The maximum atomic E-state index is 12.7. The molecule has 1 aliphatic heterocycles. The van der Waals surface area contributed by atoms with Crippen molar-refractivity contribution in [1.82, 2.24) is 10.2 Å². The maximum Gasteiger partial charge on any atom is 0.241 e. The molecule has 0 spiro atoms. The first-order valence-electron chi connectivity index (χ1n) is 7.96. The predicted molar refractivity (Wildman–Crippen MR) is 82.4 cm³/mol. The second-order valence-electron chi connectivity index (χ2n) is 6.73. The van der Waals surface area contributed by atoms with Crippen molar-refractivity contribution in [2.24, 2.45) is 17.8 Å². The predicted octanol–water partition coefficient (Wildman–Crippen LogP) is 2.49. The summed E-state index contributed by atoms with van der Waals surface area (Å²) in [4.78, 5) is 14.7. The number of hydrogen-bond acceptors (Lipinski definition) is 3. The molecule has 1 heterocycles. The number of carbonyl (C=O) groups excluding carboxylic acids is 1. The molecule has 0 aliphatic carbocycles. The fourth-order valence-corrected chi connectivity index (χ4v) is 2.88. The van der Waals surface area contributed by atoms with Crippen molar-refractivity contribution >= 4 is 5.91 Å². The van der Waals surface area contributed by atoms with Gasteiger partial charge >= 0.3 is 0 Å². The van der Waals surface area contributed by atoms with E-state index in [4.69, 9.17) is 4.74 Å². The number of methoxy groups -OCH3 is 1. The number of nitrogens with one attached hydrogen (secondary N) is 1. The van der Waals surface area contributed by atoms with Crippen LogP contribution in [0.4, 0.5) is 0 Å². The number of carbonyl (C=O) groups is 1. The van der Waals surface area contributed by atoms with E-state index in [1.54, 1.807) is 7.11 Å². The molecule has 1 saturated heterocycles. The Hall–Kier alpha value is -0.610. The topological polar surface area (TPSA) is 41.6 Å². The lowest BCUT2D eigenvalue weighted by molar-refractivity contribution is -0.131. The van der Waals surface area contributed by atoms with Crippen molar-refractivity contribution in [2.45, 2.75) is 59.7 Å². The largest absolute Gasteiger partial charge is 0.384 e. The van der Waals surface area contributed by atoms with Crippen LogP contribution in [-0.2, 0) is 9.53 Å². The summed E-state index contributed by atoms with van der Waals surface area (Å²) in [5.41, 5.74) is 0. The van der Waals surface area contributed by atoms with Crippen LogP contribution in [0.3, 0.4) is 0 Å². The third-order valence-electron chi connectivity index (χ3n) is 4.16. The Bertz CT molecular complexity index is 307. The SMILES string of the molecule is CCC(C)C1NC(CC(C)C)N(CC(C)COC)C1=O. The standard InChI is InChI=1S/C16H32N2O2/c1-7-13(5)15-16(19)18(9-12(4)10-20-6)14(17-15)8-11(2)3/h11-15,17H,7-10H2,1-6H3. The zero-order chi connectivity index (χ0) is 15.3. The van der Waals surface area contributed by atoms with Crippen molar-refractivity contribution in [3.05, 3.63) is 0 Å². The normalized spacial score (nSPS) is 26.4. The van der Waals surface area contributed by atoms with Crippen LogP contribution < -0.4 is 5.32 Å². The van der Waals surface area contributed by atoms with Gasteiger partial charge in [0.2, 0.25) is 5.91 Å². The number of hydrogen-bond donors (Lipinski definition) is 1. The molecule has 20 heavy (non-hydrogen) atoms. The zero-order valence-electron chi connectivity index (χ0n) is 14.0. The average Bonchev–Trinajstić information content (AvgIpc) is 2.66. The first kappa shape index (κ1) is 17.4. The maximum absolute atomic E-state index is 12.7. The summed E-state index contributed by atoms with van der Waals surface area (Å²) in [6.07, 6.45) is 2.22. The molecule has 4 unspecified atom stereocenters. The van der Waals surface area contributed by atoms with Gasteiger partial charge in [0.25, 0.3) is 0 Å². The summed E-state index contributed by atoms with van der Waals surface area (Å²) < 4.78 is 5.20. The van der Waals surface area contributed by atoms with E-state index < -0.39 is 0 Å². The lowest BCUT2D eigenvalue weighted by Gasteiger charge is -2.28. The molecule has 118 valence electrons. The van der Waals surface area contributed by atoms with Crippen LogP contribution in [0.1, 0.15) is 47.5 Å². The molecule has 0 radical (unpaired) electrons. The van der Waals surface area contributed by atoms with Crippen LogP contribution in [0.2, 0.25) is 0 Å². The lowest BCUT2D eigenvalue weighted by Crippen LogP contribution is -2.41. The summed E-state index contributed by atoms with van der Waals surface area (Å²) in [5, 5.41) is 3.56. The van der Waals surface area contributed by atoms with Gasteiger partial charge in [0.15, 0.2) is 0 Å². The minimum absolute atomic E-state index is 0.0153. The summed E-state index contributed by atoms with van der Waals surface area (Å²) in [5.74, 6) is 1.61. The lowest BCUT2D eigenvalue weighted by atomic mass is 9.99. The first-order chi connectivity index (χ1) is 9.40. The molecule has 0 saturated carbocycles. The van der Waals surface area contributed by atoms with E-state index in [0.717, 1.165) is 19.4 Å². The second-order valence-corrected chi connectivity index (χ2v) is 6.73. The number of ether oxygens (including phenoxy) is 1. The Morgan fingerprint density at radius 1 is 1.30 bits per heavy atom. The van der Waals surface area contributed by atoms with Gasteiger partial charge in [0.1, 0.15) is 0 Å². The highest BCUT2D eigenvalue weighted by molar-refractivity contribution is 5.84. The average molecular weight is 284 g/mol. The smallest absolute Gasteiger partial charge is 0.241 e. The molecule has 0 aromatic heterocycles. The molecule has 1 N–H and O–H groups in total. The van der Waals surface area contributed by atoms with Gasteiger partial charge in [0.05, 0.1) is 18.8 Å². The molecular weight excluding hydrogens is 252 g/mol. The highest BCUT2D eigenvalue weighted by Gasteiger charge is 2.41. The molecule has 1 amide bonds. The Morgan fingerprint density at radius 3 is 2.45 bits per heavy atom. The van der Waals surface area contributed by atoms with E-state index in [2.05, 4.69) is 39.9 Å². The van der Waals surface area contributed by atoms with Gasteiger partial charge < -0.3 is 9.64 Å². The number of rotatable bonds is 8. The van der Waals surface area contributed by atoms with E-state index in [1.165, 1.54) is 0 Å². The van der Waals surface area contributed by atoms with Crippen LogP contribution in [0.25, 0.3) is 0 Å². The third kappa shape index (κ3) is 4.45. The van der Waals surface area contributed by atoms with Crippen LogP contribution >= 0.6 is 0 Å². The Labute approximate surface area is 124 Å². The van der Waals surface area contributed by atoms with Gasteiger partial charge in [0, 0.05) is 13.7 Å². The monoisotopic (exact) mass is 284 g/mol. The van der Waals surface area contributed by atoms with Crippen LogP contribution in [0.5, 0.6) is 0 Å². The minimum Gasteiger partial charge on any atom is -0.384 e. The van der Waals surface area contributed by atoms with E-state index in [0.29, 0.717) is 24.4 Å². The van der Waals surface area contributed by atoms with Crippen LogP contribution in [-0.4, -0.2) is 43.3 Å². The number of amides is 1. The van der Waals surface area contributed by atoms with Gasteiger partial charge in [-0.05, 0) is 24.2 Å². The Morgan fingerprint density at radius 2 is 1.95 bits per heavy atom. The van der Waals surface area contributed by atoms with Gasteiger partial charge in [-0.25, -0.2) is 0 Å². The fraction of sp³-hybridized carbons (Fsp3) is 0.938. The van der Waals surface area contributed by atoms with Gasteiger partial charge in [-0.1, -0.05) is 41.0 Å². The van der Waals surface area contributed by atoms with Crippen molar-refractivity contribution in [2.75, 3.05) is 20.3 Å². The molecule has 0 aromatic carbocycles. The van der Waals surface area contributed by atoms with Crippen molar-refractivity contribution in [3.8, 4) is 0 Å². The molecule has 4 nitrogen and oxygen atoms in total.